The van der Waals surface area contributed by atoms with Crippen LogP contribution >= 0.6 is 11.3 Å². The number of thiazole rings is 1. The zero-order chi connectivity index (χ0) is 15.2. The number of methoxy groups -OCH3 is 1. The molecule has 4 nitrogen and oxygen atoms in total. The van der Waals surface area contributed by atoms with Crippen molar-refractivity contribution in [3.8, 4) is 11.5 Å². The van der Waals surface area contributed by atoms with E-state index in [1.165, 1.54) is 18.4 Å². The lowest BCUT2D eigenvalue weighted by atomic mass is 10.1. The smallest absolute Gasteiger partial charge is 0.387 e. The summed E-state index contributed by atoms with van der Waals surface area (Å²) in [7, 11) is 1.41. The molecule has 0 saturated carbocycles. The highest BCUT2D eigenvalue weighted by molar-refractivity contribution is 7.09. The molecule has 0 spiro atoms. The fourth-order valence-corrected chi connectivity index (χ4v) is 2.73. The maximum atomic E-state index is 12.5. The molecule has 21 heavy (non-hydrogen) atoms. The Balaban J connectivity index is 2.36. The van der Waals surface area contributed by atoms with Crippen LogP contribution in [0.15, 0.2) is 29.8 Å². The lowest BCUT2D eigenvalue weighted by molar-refractivity contribution is -0.0512. The first-order chi connectivity index (χ1) is 10.2. The molecular weight excluding hydrogens is 298 g/mol. The summed E-state index contributed by atoms with van der Waals surface area (Å²) in [5.41, 5.74) is 0.795. The van der Waals surface area contributed by atoms with E-state index in [-0.39, 0.29) is 17.5 Å². The minimum absolute atomic E-state index is 0.0180. The molecule has 1 heterocycles. The Kier molecular flexibility index (Phi) is 5.46. The van der Waals surface area contributed by atoms with Gasteiger partial charge in [0.25, 0.3) is 0 Å². The molecule has 0 aliphatic rings. The number of benzene rings is 1. The summed E-state index contributed by atoms with van der Waals surface area (Å²) in [6.45, 7) is -0.200. The van der Waals surface area contributed by atoms with Gasteiger partial charge in [0.2, 0.25) is 0 Å². The average Bonchev–Trinajstić information content (AvgIpc) is 2.98. The minimum Gasteiger partial charge on any atom is -0.493 e. The molecule has 1 aromatic heterocycles. The van der Waals surface area contributed by atoms with E-state index in [2.05, 4.69) is 15.0 Å². The quantitative estimate of drug-likeness (QED) is 0.850. The zero-order valence-corrected chi connectivity index (χ0v) is 12.5. The van der Waals surface area contributed by atoms with Gasteiger partial charge in [-0.15, -0.1) is 11.3 Å². The topological polar surface area (TPSA) is 43.4 Å². The average molecular weight is 314 g/mol. The molecule has 0 saturated heterocycles. The highest BCUT2D eigenvalue weighted by Gasteiger charge is 2.19. The predicted octanol–water partition coefficient (Wildman–Crippen LogP) is 3.45. The van der Waals surface area contributed by atoms with Crippen LogP contribution in [0.2, 0.25) is 0 Å². The highest BCUT2D eigenvalue weighted by Crippen LogP contribution is 2.33. The molecule has 0 bridgehead atoms. The van der Waals surface area contributed by atoms with Crippen LogP contribution in [0.3, 0.4) is 0 Å². The Hall–Kier alpha value is -1.73. The monoisotopic (exact) mass is 314 g/mol. The van der Waals surface area contributed by atoms with Gasteiger partial charge in [-0.1, -0.05) is 13.0 Å². The van der Waals surface area contributed by atoms with E-state index in [9.17, 15) is 8.78 Å². The van der Waals surface area contributed by atoms with Crippen molar-refractivity contribution in [2.24, 2.45) is 0 Å². The van der Waals surface area contributed by atoms with Crippen LogP contribution in [-0.2, 0) is 0 Å². The lowest BCUT2D eigenvalue weighted by Gasteiger charge is -2.18. The molecule has 2 aromatic rings. The molecule has 1 unspecified atom stereocenters. The molecule has 1 N–H and O–H groups in total. The summed E-state index contributed by atoms with van der Waals surface area (Å²) < 4.78 is 34.5. The maximum Gasteiger partial charge on any atom is 0.387 e. The Morgan fingerprint density at radius 3 is 2.71 bits per heavy atom. The van der Waals surface area contributed by atoms with Gasteiger partial charge in [-0.05, 0) is 24.2 Å². The van der Waals surface area contributed by atoms with Crippen LogP contribution in [-0.4, -0.2) is 25.3 Å². The van der Waals surface area contributed by atoms with Gasteiger partial charge in [0.05, 0.1) is 13.2 Å². The molecular formula is C14H16F2N2O2S. The number of hydrogen-bond donors (Lipinski definition) is 1. The van der Waals surface area contributed by atoms with Crippen molar-refractivity contribution in [2.45, 2.75) is 19.6 Å². The van der Waals surface area contributed by atoms with Gasteiger partial charge in [0.1, 0.15) is 5.01 Å². The third-order valence-corrected chi connectivity index (χ3v) is 3.68. The molecule has 114 valence electrons. The standard InChI is InChI=1S/C14H16F2N2O2S/c1-3-17-12(13-18-6-7-21-13)9-4-5-10(19-2)11(8-9)20-14(15)16/h4-8,12,14,17H,3H2,1-2H3. The number of hydrogen-bond acceptors (Lipinski definition) is 5. The molecule has 0 amide bonds. The lowest BCUT2D eigenvalue weighted by Crippen LogP contribution is -2.22. The van der Waals surface area contributed by atoms with Gasteiger partial charge in [-0.25, -0.2) is 4.98 Å². The predicted molar refractivity (Wildman–Crippen MR) is 77.3 cm³/mol. The largest absolute Gasteiger partial charge is 0.493 e. The van der Waals surface area contributed by atoms with Crippen molar-refractivity contribution >= 4 is 11.3 Å². The molecule has 0 fully saturated rings. The van der Waals surface area contributed by atoms with E-state index < -0.39 is 6.61 Å². The third-order valence-electron chi connectivity index (χ3n) is 2.84. The van der Waals surface area contributed by atoms with Gasteiger partial charge in [-0.3, -0.25) is 0 Å². The fourth-order valence-electron chi connectivity index (χ4n) is 1.99. The fraction of sp³-hybridized carbons (Fsp3) is 0.357. The second-order valence-corrected chi connectivity index (χ2v) is 5.08. The maximum absolute atomic E-state index is 12.5. The van der Waals surface area contributed by atoms with E-state index in [4.69, 9.17) is 4.74 Å². The number of halogens is 2. The molecule has 0 aliphatic carbocycles. The summed E-state index contributed by atoms with van der Waals surface area (Å²) in [5, 5.41) is 6.02. The second kappa shape index (κ2) is 7.33. The van der Waals surface area contributed by atoms with E-state index >= 15 is 0 Å². The van der Waals surface area contributed by atoms with Gasteiger partial charge in [0, 0.05) is 11.6 Å². The van der Waals surface area contributed by atoms with Crippen molar-refractivity contribution in [1.29, 1.82) is 0 Å². The molecule has 1 atom stereocenters. The number of aromatic nitrogens is 1. The van der Waals surface area contributed by atoms with Gasteiger partial charge in [0.15, 0.2) is 11.5 Å². The Morgan fingerprint density at radius 2 is 2.14 bits per heavy atom. The molecule has 7 heteroatoms. The molecule has 2 rings (SSSR count). The first kappa shape index (κ1) is 15.7. The summed E-state index contributed by atoms with van der Waals surface area (Å²) in [4.78, 5) is 4.28. The highest BCUT2D eigenvalue weighted by atomic mass is 32.1. The normalized spacial score (nSPS) is 12.4. The number of rotatable bonds is 7. The summed E-state index contributed by atoms with van der Waals surface area (Å²) in [5.74, 6) is 0.290. The first-order valence-electron chi connectivity index (χ1n) is 6.41. The molecule has 0 aliphatic heterocycles. The zero-order valence-electron chi connectivity index (χ0n) is 11.7. The number of ether oxygens (including phenoxy) is 2. The third kappa shape index (κ3) is 3.89. The van der Waals surface area contributed by atoms with Crippen LogP contribution in [0, 0.1) is 0 Å². The van der Waals surface area contributed by atoms with Gasteiger partial charge < -0.3 is 14.8 Å². The van der Waals surface area contributed by atoms with E-state index in [0.29, 0.717) is 0 Å². The number of nitrogens with one attached hydrogen (secondary N) is 1. The van der Waals surface area contributed by atoms with Crippen LogP contribution in [0.1, 0.15) is 23.5 Å². The Labute approximate surface area is 125 Å². The van der Waals surface area contributed by atoms with Crippen LogP contribution < -0.4 is 14.8 Å². The van der Waals surface area contributed by atoms with Crippen molar-refractivity contribution in [3.63, 3.8) is 0 Å². The number of nitrogens with zero attached hydrogens (tertiary/aromatic N) is 1. The molecule has 1 aromatic carbocycles. The molecule has 0 radical (unpaired) electrons. The second-order valence-electron chi connectivity index (χ2n) is 4.15. The van der Waals surface area contributed by atoms with Crippen LogP contribution in [0.4, 0.5) is 8.78 Å². The van der Waals surface area contributed by atoms with Crippen LogP contribution in [0.25, 0.3) is 0 Å². The Bertz CT molecular complexity index is 564. The first-order valence-corrected chi connectivity index (χ1v) is 7.29. The number of alkyl halides is 2. The summed E-state index contributed by atoms with van der Waals surface area (Å²) in [6, 6.07) is 4.82. The van der Waals surface area contributed by atoms with Crippen molar-refractivity contribution in [1.82, 2.24) is 10.3 Å². The summed E-state index contributed by atoms with van der Waals surface area (Å²) >= 11 is 1.50. The summed E-state index contributed by atoms with van der Waals surface area (Å²) in [6.07, 6.45) is 1.71. The van der Waals surface area contributed by atoms with Crippen molar-refractivity contribution in [2.75, 3.05) is 13.7 Å². The van der Waals surface area contributed by atoms with Gasteiger partial charge in [-0.2, -0.15) is 8.78 Å². The van der Waals surface area contributed by atoms with E-state index in [1.807, 2.05) is 18.4 Å². The van der Waals surface area contributed by atoms with Gasteiger partial charge >= 0.3 is 6.61 Å². The van der Waals surface area contributed by atoms with E-state index in [0.717, 1.165) is 17.1 Å². The van der Waals surface area contributed by atoms with Crippen molar-refractivity contribution in [3.05, 3.63) is 40.3 Å². The van der Waals surface area contributed by atoms with E-state index in [1.54, 1.807) is 18.3 Å². The minimum atomic E-state index is -2.90. The Morgan fingerprint density at radius 1 is 1.33 bits per heavy atom. The SMILES string of the molecule is CCNC(c1ccc(OC)c(OC(F)F)c1)c1nccs1. The van der Waals surface area contributed by atoms with Crippen molar-refractivity contribution < 1.29 is 18.3 Å². The van der Waals surface area contributed by atoms with Crippen LogP contribution in [0.5, 0.6) is 11.5 Å².